The van der Waals surface area contributed by atoms with E-state index in [0.717, 1.165) is 17.2 Å². The number of carbonyl (C=O) groups excluding carboxylic acids is 1. The molecule has 11 heteroatoms. The van der Waals surface area contributed by atoms with E-state index in [-0.39, 0.29) is 28.5 Å². The molecule has 0 unspecified atom stereocenters. The number of H-pyrrole nitrogens is 1. The predicted molar refractivity (Wildman–Crippen MR) is 146 cm³/mol. The molecular weight excluding hydrogens is 535 g/mol. The molecule has 37 heavy (non-hydrogen) atoms. The Balaban J connectivity index is 1.87. The molecule has 8 nitrogen and oxygen atoms in total. The van der Waals surface area contributed by atoms with Crippen LogP contribution in [0.2, 0.25) is 10.2 Å². The van der Waals surface area contributed by atoms with Gasteiger partial charge in [-0.15, -0.1) is 0 Å². The lowest BCUT2D eigenvalue weighted by atomic mass is 10.0. The zero-order chi connectivity index (χ0) is 26.5. The highest BCUT2D eigenvalue weighted by atomic mass is 35.5. The Morgan fingerprint density at radius 1 is 1.11 bits per heavy atom. The Hall–Kier alpha value is -3.66. The SMILES string of the molecule is Cc1cc2c(-c3ccc[nH]c3=O)c(C(=O)NS(C)(=O)=O)n(Cc3cc4ccccc4nc3Cl)c2cc1Cl. The van der Waals surface area contributed by atoms with Crippen molar-refractivity contribution in [3.05, 3.63) is 98.1 Å². The van der Waals surface area contributed by atoms with Gasteiger partial charge >= 0.3 is 0 Å². The summed E-state index contributed by atoms with van der Waals surface area (Å²) in [5.41, 5.74) is 2.57. The van der Waals surface area contributed by atoms with Gasteiger partial charge in [0.05, 0.1) is 23.8 Å². The number of nitrogens with one attached hydrogen (secondary N) is 2. The van der Waals surface area contributed by atoms with Crippen molar-refractivity contribution in [2.24, 2.45) is 0 Å². The van der Waals surface area contributed by atoms with Gasteiger partial charge < -0.3 is 9.55 Å². The van der Waals surface area contributed by atoms with Gasteiger partial charge in [-0.3, -0.25) is 9.59 Å². The Morgan fingerprint density at radius 2 is 1.86 bits per heavy atom. The summed E-state index contributed by atoms with van der Waals surface area (Å²) >= 11 is 13.0. The second-order valence-corrected chi connectivity index (χ2v) is 11.2. The number of hydrogen-bond acceptors (Lipinski definition) is 5. The highest BCUT2D eigenvalue weighted by Gasteiger charge is 2.28. The number of aromatic nitrogens is 3. The summed E-state index contributed by atoms with van der Waals surface area (Å²) in [5.74, 6) is -0.893. The molecule has 3 aromatic heterocycles. The van der Waals surface area contributed by atoms with Crippen LogP contribution in [-0.2, 0) is 16.6 Å². The molecule has 5 aromatic rings. The molecule has 0 saturated carbocycles. The van der Waals surface area contributed by atoms with Crippen molar-refractivity contribution in [2.45, 2.75) is 13.5 Å². The van der Waals surface area contributed by atoms with E-state index in [9.17, 15) is 18.0 Å². The van der Waals surface area contributed by atoms with Crippen LogP contribution in [0.5, 0.6) is 0 Å². The van der Waals surface area contributed by atoms with E-state index in [2.05, 4.69) is 9.97 Å². The summed E-state index contributed by atoms with van der Waals surface area (Å²) in [7, 11) is -3.92. The first-order chi connectivity index (χ1) is 17.5. The Morgan fingerprint density at radius 3 is 2.59 bits per heavy atom. The summed E-state index contributed by atoms with van der Waals surface area (Å²) in [4.78, 5) is 33.5. The summed E-state index contributed by atoms with van der Waals surface area (Å²) in [6.07, 6.45) is 2.36. The fourth-order valence-electron chi connectivity index (χ4n) is 4.40. The van der Waals surface area contributed by atoms with Crippen molar-refractivity contribution < 1.29 is 13.2 Å². The van der Waals surface area contributed by atoms with Gasteiger partial charge in [0.1, 0.15) is 10.8 Å². The van der Waals surface area contributed by atoms with Crippen molar-refractivity contribution in [1.82, 2.24) is 19.3 Å². The first kappa shape index (κ1) is 25.0. The molecule has 0 radical (unpaired) electrons. The Kier molecular flexibility index (Phi) is 6.31. The van der Waals surface area contributed by atoms with E-state index in [1.165, 1.54) is 6.20 Å². The average Bonchev–Trinajstić information content (AvgIpc) is 3.12. The molecular formula is C26H20Cl2N4O4S. The fraction of sp³-hybridized carbons (Fsp3) is 0.115. The van der Waals surface area contributed by atoms with Crippen LogP contribution in [0.25, 0.3) is 32.9 Å². The lowest BCUT2D eigenvalue weighted by molar-refractivity contribution is 0.0974. The van der Waals surface area contributed by atoms with Crippen LogP contribution in [0.15, 0.2) is 65.6 Å². The van der Waals surface area contributed by atoms with Crippen LogP contribution in [0.1, 0.15) is 21.6 Å². The van der Waals surface area contributed by atoms with Crippen molar-refractivity contribution in [2.75, 3.05) is 6.26 Å². The normalized spacial score (nSPS) is 11.8. The maximum Gasteiger partial charge on any atom is 0.282 e. The number of halogens is 2. The molecule has 0 aliphatic heterocycles. The highest BCUT2D eigenvalue weighted by Crippen LogP contribution is 2.37. The van der Waals surface area contributed by atoms with E-state index in [4.69, 9.17) is 23.2 Å². The first-order valence-corrected chi connectivity index (χ1v) is 13.7. The maximum atomic E-state index is 13.5. The van der Waals surface area contributed by atoms with Gasteiger partial charge in [0.15, 0.2) is 0 Å². The van der Waals surface area contributed by atoms with Crippen LogP contribution in [0, 0.1) is 6.92 Å². The van der Waals surface area contributed by atoms with Crippen LogP contribution in [-0.4, -0.2) is 35.1 Å². The molecule has 2 aromatic carbocycles. The molecule has 2 N–H and O–H groups in total. The zero-order valence-corrected chi connectivity index (χ0v) is 22.0. The number of aromatic amines is 1. The molecule has 0 saturated heterocycles. The standard InChI is InChI=1S/C26H20Cl2N4O4S/c1-14-10-18-21(12-19(14)27)32(13-16-11-15-6-3-4-8-20(15)30-24(16)28)23(26(34)31-37(2,35)36)22(18)17-7-5-9-29-25(17)33/h3-12H,13H2,1-2H3,(H,29,33)(H,31,34). The number of fused-ring (bicyclic) bond motifs is 2. The summed E-state index contributed by atoms with van der Waals surface area (Å²) in [6.45, 7) is 1.86. The van der Waals surface area contributed by atoms with Crippen molar-refractivity contribution in [1.29, 1.82) is 0 Å². The van der Waals surface area contributed by atoms with Crippen LogP contribution >= 0.6 is 23.2 Å². The van der Waals surface area contributed by atoms with E-state index >= 15 is 0 Å². The lowest BCUT2D eigenvalue weighted by Gasteiger charge is -2.14. The maximum absolute atomic E-state index is 13.5. The average molecular weight is 555 g/mol. The number of amides is 1. The third-order valence-electron chi connectivity index (χ3n) is 6.00. The van der Waals surface area contributed by atoms with Gasteiger partial charge in [0, 0.05) is 38.7 Å². The number of pyridine rings is 2. The third-order valence-corrected chi connectivity index (χ3v) is 7.29. The van der Waals surface area contributed by atoms with Gasteiger partial charge in [-0.1, -0.05) is 41.4 Å². The number of sulfonamides is 1. The number of aryl methyl sites for hydroxylation is 1. The van der Waals surface area contributed by atoms with E-state index in [1.54, 1.807) is 35.8 Å². The van der Waals surface area contributed by atoms with E-state index in [1.807, 2.05) is 35.1 Å². The zero-order valence-electron chi connectivity index (χ0n) is 19.7. The number of benzene rings is 2. The fourth-order valence-corrected chi connectivity index (χ4v) is 5.20. The third kappa shape index (κ3) is 4.73. The first-order valence-electron chi connectivity index (χ1n) is 11.1. The number of hydrogen-bond donors (Lipinski definition) is 2. The van der Waals surface area contributed by atoms with Crippen LogP contribution < -0.4 is 10.3 Å². The molecule has 0 spiro atoms. The molecule has 0 aliphatic rings. The van der Waals surface area contributed by atoms with E-state index in [0.29, 0.717) is 27.0 Å². The predicted octanol–water partition coefficient (Wildman–Crippen LogP) is 4.90. The minimum atomic E-state index is -3.92. The second-order valence-electron chi connectivity index (χ2n) is 8.68. The molecule has 0 fully saturated rings. The minimum Gasteiger partial charge on any atom is -0.331 e. The number of nitrogens with zero attached hydrogens (tertiary/aromatic N) is 2. The lowest BCUT2D eigenvalue weighted by Crippen LogP contribution is -2.32. The van der Waals surface area contributed by atoms with E-state index < -0.39 is 21.5 Å². The van der Waals surface area contributed by atoms with Crippen LogP contribution in [0.4, 0.5) is 0 Å². The monoisotopic (exact) mass is 554 g/mol. The number of rotatable bonds is 5. The molecule has 0 bridgehead atoms. The number of carbonyl (C=O) groups is 1. The molecule has 188 valence electrons. The molecule has 0 atom stereocenters. The van der Waals surface area contributed by atoms with Gasteiger partial charge in [-0.25, -0.2) is 18.1 Å². The quantitative estimate of drug-likeness (QED) is 0.300. The number of para-hydroxylation sites is 1. The second kappa shape index (κ2) is 9.33. The van der Waals surface area contributed by atoms with Gasteiger partial charge in [0.25, 0.3) is 11.5 Å². The smallest absolute Gasteiger partial charge is 0.282 e. The molecule has 5 rings (SSSR count). The largest absolute Gasteiger partial charge is 0.331 e. The Bertz CT molecular complexity index is 1890. The van der Waals surface area contributed by atoms with Crippen molar-refractivity contribution in [3.63, 3.8) is 0 Å². The summed E-state index contributed by atoms with van der Waals surface area (Å²) in [6, 6.07) is 16.0. The van der Waals surface area contributed by atoms with Gasteiger partial charge in [0.2, 0.25) is 10.0 Å². The van der Waals surface area contributed by atoms with Crippen molar-refractivity contribution in [3.8, 4) is 11.1 Å². The van der Waals surface area contributed by atoms with Crippen LogP contribution in [0.3, 0.4) is 0 Å². The summed E-state index contributed by atoms with van der Waals surface area (Å²) in [5, 5.41) is 2.07. The summed E-state index contributed by atoms with van der Waals surface area (Å²) < 4.78 is 27.8. The van der Waals surface area contributed by atoms with Crippen molar-refractivity contribution >= 4 is 60.9 Å². The highest BCUT2D eigenvalue weighted by molar-refractivity contribution is 7.89. The Labute approximate surface area is 221 Å². The van der Waals surface area contributed by atoms with Gasteiger partial charge in [-0.2, -0.15) is 0 Å². The molecule has 3 heterocycles. The van der Waals surface area contributed by atoms with Gasteiger partial charge in [-0.05, 0) is 48.9 Å². The topological polar surface area (TPSA) is 114 Å². The molecule has 1 amide bonds. The molecule has 0 aliphatic carbocycles. The minimum absolute atomic E-state index is 0.0250.